The number of carboxylic acids is 1. The van der Waals surface area contributed by atoms with Gasteiger partial charge in [0, 0.05) is 5.75 Å². The standard InChI is InChI=1S/C10H11N3O3S2/c11-6(10(14)15)4-17-5-8-12-9(16-13-8)7-2-1-3-18-7/h1-3,6H,4-5,11H2,(H,14,15)/t6-/m0/s1. The van der Waals surface area contributed by atoms with Crippen LogP contribution in [-0.2, 0) is 10.5 Å². The minimum Gasteiger partial charge on any atom is -0.480 e. The highest BCUT2D eigenvalue weighted by Gasteiger charge is 2.13. The molecule has 0 unspecified atom stereocenters. The van der Waals surface area contributed by atoms with Gasteiger partial charge in [-0.25, -0.2) is 0 Å². The maximum Gasteiger partial charge on any atom is 0.321 e. The van der Waals surface area contributed by atoms with Gasteiger partial charge in [0.15, 0.2) is 5.82 Å². The van der Waals surface area contributed by atoms with E-state index in [0.717, 1.165) is 4.88 Å². The van der Waals surface area contributed by atoms with Crippen molar-refractivity contribution in [1.82, 2.24) is 10.1 Å². The summed E-state index contributed by atoms with van der Waals surface area (Å²) in [6.07, 6.45) is 0. The third-order valence-electron chi connectivity index (χ3n) is 2.05. The van der Waals surface area contributed by atoms with Crippen molar-refractivity contribution in [3.63, 3.8) is 0 Å². The van der Waals surface area contributed by atoms with Crippen LogP contribution in [0.5, 0.6) is 0 Å². The van der Waals surface area contributed by atoms with E-state index in [9.17, 15) is 4.79 Å². The first-order valence-electron chi connectivity index (χ1n) is 5.09. The second kappa shape index (κ2) is 5.98. The minimum atomic E-state index is -1.00. The third-order valence-corrected chi connectivity index (χ3v) is 3.96. The van der Waals surface area contributed by atoms with Crippen molar-refractivity contribution in [2.24, 2.45) is 5.73 Å². The number of thiophene rings is 1. The number of rotatable bonds is 6. The molecule has 2 aromatic heterocycles. The van der Waals surface area contributed by atoms with Crippen molar-refractivity contribution in [2.75, 3.05) is 5.75 Å². The van der Waals surface area contributed by atoms with Crippen molar-refractivity contribution >= 4 is 29.1 Å². The van der Waals surface area contributed by atoms with Crippen LogP contribution in [0.4, 0.5) is 0 Å². The number of nitrogens with zero attached hydrogens (tertiary/aromatic N) is 2. The molecule has 0 aliphatic rings. The van der Waals surface area contributed by atoms with Crippen molar-refractivity contribution in [1.29, 1.82) is 0 Å². The summed E-state index contributed by atoms with van der Waals surface area (Å²) in [6.45, 7) is 0. The Bertz CT molecular complexity index is 512. The Balaban J connectivity index is 1.86. The van der Waals surface area contributed by atoms with Crippen molar-refractivity contribution in [3.8, 4) is 10.8 Å². The molecule has 0 spiro atoms. The van der Waals surface area contributed by atoms with Crippen LogP contribution in [0.2, 0.25) is 0 Å². The minimum absolute atomic E-state index is 0.318. The summed E-state index contributed by atoms with van der Waals surface area (Å²) in [6, 6.07) is 2.94. The summed E-state index contributed by atoms with van der Waals surface area (Å²) >= 11 is 2.89. The number of aromatic nitrogens is 2. The Morgan fingerprint density at radius 1 is 1.67 bits per heavy atom. The Morgan fingerprint density at radius 3 is 3.17 bits per heavy atom. The first-order chi connectivity index (χ1) is 8.66. The number of aliphatic carboxylic acids is 1. The molecule has 0 aliphatic heterocycles. The maximum absolute atomic E-state index is 10.5. The monoisotopic (exact) mass is 285 g/mol. The summed E-state index contributed by atoms with van der Waals surface area (Å²) in [5, 5.41) is 14.4. The Morgan fingerprint density at radius 2 is 2.50 bits per heavy atom. The third kappa shape index (κ3) is 3.31. The predicted octanol–water partition coefficient (Wildman–Crippen LogP) is 1.44. The Kier molecular flexibility index (Phi) is 4.34. The Labute approximate surface area is 111 Å². The van der Waals surface area contributed by atoms with Crippen LogP contribution in [-0.4, -0.2) is 33.0 Å². The molecule has 2 heterocycles. The first kappa shape index (κ1) is 13.1. The topological polar surface area (TPSA) is 102 Å². The van der Waals surface area contributed by atoms with Crippen LogP contribution < -0.4 is 5.73 Å². The molecule has 0 saturated heterocycles. The molecular weight excluding hydrogens is 274 g/mol. The van der Waals surface area contributed by atoms with E-state index in [0.29, 0.717) is 23.2 Å². The summed E-state index contributed by atoms with van der Waals surface area (Å²) in [5.74, 6) is 0.827. The number of hydrogen-bond donors (Lipinski definition) is 2. The molecule has 8 heteroatoms. The average Bonchev–Trinajstić information content (AvgIpc) is 2.98. The molecule has 18 heavy (non-hydrogen) atoms. The molecule has 6 nitrogen and oxygen atoms in total. The van der Waals surface area contributed by atoms with Crippen molar-refractivity contribution in [3.05, 3.63) is 23.3 Å². The number of carboxylic acid groups (broad SMARTS) is 1. The lowest BCUT2D eigenvalue weighted by molar-refractivity contribution is -0.137. The maximum atomic E-state index is 10.5. The molecule has 0 fully saturated rings. The molecule has 3 N–H and O–H groups in total. The molecular formula is C10H11N3O3S2. The molecule has 0 radical (unpaired) electrons. The summed E-state index contributed by atoms with van der Waals surface area (Å²) in [5.41, 5.74) is 5.38. The van der Waals surface area contributed by atoms with Crippen LogP contribution in [0.3, 0.4) is 0 Å². The highest BCUT2D eigenvalue weighted by Crippen LogP contribution is 2.23. The number of hydrogen-bond acceptors (Lipinski definition) is 7. The second-order valence-electron chi connectivity index (χ2n) is 3.45. The van der Waals surface area contributed by atoms with Crippen LogP contribution in [0.15, 0.2) is 22.0 Å². The van der Waals surface area contributed by atoms with Gasteiger partial charge in [0.1, 0.15) is 6.04 Å². The number of carbonyl (C=O) groups is 1. The molecule has 96 valence electrons. The fourth-order valence-corrected chi connectivity index (χ4v) is 2.62. The van der Waals surface area contributed by atoms with Crippen LogP contribution in [0.1, 0.15) is 5.82 Å². The molecule has 0 amide bonds. The lowest BCUT2D eigenvalue weighted by atomic mass is 10.4. The van der Waals surface area contributed by atoms with E-state index in [4.69, 9.17) is 15.4 Å². The quantitative estimate of drug-likeness (QED) is 0.827. The molecule has 2 aromatic rings. The van der Waals surface area contributed by atoms with Crippen LogP contribution in [0.25, 0.3) is 10.8 Å². The van der Waals surface area contributed by atoms with Gasteiger partial charge >= 0.3 is 5.97 Å². The molecule has 0 bridgehead atoms. The molecule has 0 aliphatic carbocycles. The van der Waals surface area contributed by atoms with E-state index < -0.39 is 12.0 Å². The number of thioether (sulfide) groups is 1. The van der Waals surface area contributed by atoms with Gasteiger partial charge in [0.05, 0.1) is 10.6 Å². The molecule has 0 saturated carbocycles. The van der Waals surface area contributed by atoms with E-state index in [1.807, 2.05) is 17.5 Å². The lowest BCUT2D eigenvalue weighted by Gasteiger charge is -2.03. The summed E-state index contributed by atoms with van der Waals surface area (Å²) in [4.78, 5) is 15.7. The van der Waals surface area contributed by atoms with Gasteiger partial charge in [-0.3, -0.25) is 4.79 Å². The van der Waals surface area contributed by atoms with Gasteiger partial charge in [-0.1, -0.05) is 11.2 Å². The van der Waals surface area contributed by atoms with E-state index in [1.165, 1.54) is 23.1 Å². The molecule has 0 aromatic carbocycles. The molecule has 2 rings (SSSR count). The van der Waals surface area contributed by atoms with Gasteiger partial charge in [0.25, 0.3) is 5.89 Å². The van der Waals surface area contributed by atoms with Crippen LogP contribution in [0, 0.1) is 0 Å². The zero-order valence-electron chi connectivity index (χ0n) is 9.28. The zero-order chi connectivity index (χ0) is 13.0. The van der Waals surface area contributed by atoms with E-state index in [-0.39, 0.29) is 0 Å². The SMILES string of the molecule is N[C@@H](CSCc1noc(-c2cccs2)n1)C(=O)O. The fraction of sp³-hybridized carbons (Fsp3) is 0.300. The van der Waals surface area contributed by atoms with Gasteiger partial charge in [0.2, 0.25) is 0 Å². The highest BCUT2D eigenvalue weighted by atomic mass is 32.2. The van der Waals surface area contributed by atoms with E-state index in [1.54, 1.807) is 0 Å². The van der Waals surface area contributed by atoms with E-state index >= 15 is 0 Å². The normalized spacial score (nSPS) is 12.5. The van der Waals surface area contributed by atoms with Gasteiger partial charge in [-0.15, -0.1) is 11.3 Å². The Hall–Kier alpha value is -1.38. The predicted molar refractivity (Wildman–Crippen MR) is 69.4 cm³/mol. The van der Waals surface area contributed by atoms with Gasteiger partial charge in [-0.05, 0) is 11.4 Å². The van der Waals surface area contributed by atoms with E-state index in [2.05, 4.69) is 10.1 Å². The van der Waals surface area contributed by atoms with Crippen molar-refractivity contribution in [2.45, 2.75) is 11.8 Å². The smallest absolute Gasteiger partial charge is 0.321 e. The first-order valence-corrected chi connectivity index (χ1v) is 7.13. The van der Waals surface area contributed by atoms with Gasteiger partial charge in [-0.2, -0.15) is 16.7 Å². The zero-order valence-corrected chi connectivity index (χ0v) is 10.9. The largest absolute Gasteiger partial charge is 0.480 e. The summed E-state index contributed by atoms with van der Waals surface area (Å²) < 4.78 is 5.10. The van der Waals surface area contributed by atoms with Crippen LogP contribution >= 0.6 is 23.1 Å². The number of nitrogens with two attached hydrogens (primary N) is 1. The fourth-order valence-electron chi connectivity index (χ4n) is 1.16. The average molecular weight is 285 g/mol. The highest BCUT2D eigenvalue weighted by molar-refractivity contribution is 7.98. The summed E-state index contributed by atoms with van der Waals surface area (Å²) in [7, 11) is 0. The lowest BCUT2D eigenvalue weighted by Crippen LogP contribution is -2.32. The van der Waals surface area contributed by atoms with Crippen molar-refractivity contribution < 1.29 is 14.4 Å². The van der Waals surface area contributed by atoms with Gasteiger partial charge < -0.3 is 15.4 Å². The molecule has 1 atom stereocenters. The second-order valence-corrected chi connectivity index (χ2v) is 5.43.